The van der Waals surface area contributed by atoms with Crippen molar-refractivity contribution in [3.05, 3.63) is 53.6 Å². The van der Waals surface area contributed by atoms with Crippen LogP contribution in [0.5, 0.6) is 0 Å². The predicted molar refractivity (Wildman–Crippen MR) is 84.4 cm³/mol. The van der Waals surface area contributed by atoms with E-state index < -0.39 is 10.9 Å². The summed E-state index contributed by atoms with van der Waals surface area (Å²) < 4.78 is 0.898. The Hall–Kier alpha value is -1.64. The molecule has 0 saturated carbocycles. The zero-order valence-corrected chi connectivity index (χ0v) is 13.5. The van der Waals surface area contributed by atoms with Gasteiger partial charge in [-0.3, -0.25) is 10.1 Å². The first-order valence-corrected chi connectivity index (χ1v) is 7.62. The van der Waals surface area contributed by atoms with Crippen molar-refractivity contribution in [3.63, 3.8) is 0 Å². The number of nitrogens with one attached hydrogen (secondary N) is 1. The SMILES string of the molecule is O=C(O)c1cc([N+](=O)[O-])cc(Cl)c1NCc1sccc1Br. The molecule has 2 aromatic rings. The number of hydrogen-bond acceptors (Lipinski definition) is 5. The molecular weight excluding hydrogens is 384 g/mol. The molecular formula is C12H8BrClN2O4S. The standard InChI is InChI=1S/C12H8BrClN2O4S/c13-8-1-2-21-10(8)5-15-11-7(12(17)18)3-6(16(19)20)4-9(11)14/h1-4,15H,5H2,(H,17,18). The van der Waals surface area contributed by atoms with Gasteiger partial charge in [0.05, 0.1) is 27.7 Å². The molecule has 0 amide bonds. The Labute approximate surface area is 136 Å². The lowest BCUT2D eigenvalue weighted by Gasteiger charge is -2.11. The molecule has 1 aromatic heterocycles. The number of carboxylic acid groups (broad SMARTS) is 1. The van der Waals surface area contributed by atoms with Gasteiger partial charge in [-0.1, -0.05) is 11.6 Å². The Balaban J connectivity index is 2.36. The highest BCUT2D eigenvalue weighted by Gasteiger charge is 2.20. The smallest absolute Gasteiger partial charge is 0.338 e. The number of halogens is 2. The van der Waals surface area contributed by atoms with Gasteiger partial charge in [-0.15, -0.1) is 11.3 Å². The van der Waals surface area contributed by atoms with Crippen LogP contribution in [0.25, 0.3) is 0 Å². The molecule has 0 aliphatic rings. The second-order valence-electron chi connectivity index (χ2n) is 3.96. The van der Waals surface area contributed by atoms with E-state index in [1.807, 2.05) is 11.4 Å². The van der Waals surface area contributed by atoms with Crippen molar-refractivity contribution in [1.29, 1.82) is 0 Å². The Morgan fingerprint density at radius 3 is 2.76 bits per heavy atom. The zero-order chi connectivity index (χ0) is 15.6. The number of nitrogens with zero attached hydrogens (tertiary/aromatic N) is 1. The van der Waals surface area contributed by atoms with Crippen LogP contribution in [0.1, 0.15) is 15.2 Å². The minimum absolute atomic E-state index is 0.00530. The topological polar surface area (TPSA) is 92.5 Å². The van der Waals surface area contributed by atoms with Gasteiger partial charge >= 0.3 is 5.97 Å². The third-order valence-electron chi connectivity index (χ3n) is 2.63. The number of non-ortho nitro benzene ring substituents is 1. The van der Waals surface area contributed by atoms with Gasteiger partial charge in [0.25, 0.3) is 5.69 Å². The van der Waals surface area contributed by atoms with Gasteiger partial charge in [-0.2, -0.15) is 0 Å². The largest absolute Gasteiger partial charge is 0.478 e. The van der Waals surface area contributed by atoms with E-state index in [2.05, 4.69) is 21.2 Å². The lowest BCUT2D eigenvalue weighted by Crippen LogP contribution is -2.07. The van der Waals surface area contributed by atoms with E-state index in [4.69, 9.17) is 11.6 Å². The van der Waals surface area contributed by atoms with E-state index >= 15 is 0 Å². The molecule has 1 aromatic carbocycles. The quantitative estimate of drug-likeness (QED) is 0.583. The summed E-state index contributed by atoms with van der Waals surface area (Å²) in [7, 11) is 0. The molecule has 0 radical (unpaired) electrons. The number of carbonyl (C=O) groups is 1. The number of nitro benzene ring substituents is 1. The van der Waals surface area contributed by atoms with E-state index in [1.165, 1.54) is 11.3 Å². The van der Waals surface area contributed by atoms with Gasteiger partial charge in [0.1, 0.15) is 0 Å². The lowest BCUT2D eigenvalue weighted by atomic mass is 10.1. The average Bonchev–Trinajstić information content (AvgIpc) is 2.81. The van der Waals surface area contributed by atoms with E-state index in [0.717, 1.165) is 21.5 Å². The monoisotopic (exact) mass is 390 g/mol. The van der Waals surface area contributed by atoms with Crippen molar-refractivity contribution in [3.8, 4) is 0 Å². The molecule has 21 heavy (non-hydrogen) atoms. The maximum Gasteiger partial charge on any atom is 0.338 e. The van der Waals surface area contributed by atoms with Crippen LogP contribution in [0, 0.1) is 10.1 Å². The Morgan fingerprint density at radius 1 is 1.52 bits per heavy atom. The Bertz CT molecular complexity index is 719. The number of thiophene rings is 1. The maximum absolute atomic E-state index is 11.2. The van der Waals surface area contributed by atoms with Gasteiger partial charge in [-0.05, 0) is 27.4 Å². The second kappa shape index (κ2) is 6.42. The van der Waals surface area contributed by atoms with Crippen LogP contribution in [0.4, 0.5) is 11.4 Å². The van der Waals surface area contributed by atoms with Crippen LogP contribution in [0.3, 0.4) is 0 Å². The van der Waals surface area contributed by atoms with Crippen molar-refractivity contribution in [2.24, 2.45) is 0 Å². The summed E-state index contributed by atoms with van der Waals surface area (Å²) in [5.74, 6) is -1.28. The zero-order valence-electron chi connectivity index (χ0n) is 10.3. The number of benzene rings is 1. The fourth-order valence-corrected chi connectivity index (χ4v) is 3.38. The van der Waals surface area contributed by atoms with Gasteiger partial charge in [0, 0.05) is 21.5 Å². The molecule has 0 saturated heterocycles. The van der Waals surface area contributed by atoms with Gasteiger partial charge in [0.15, 0.2) is 0 Å². The first-order chi connectivity index (χ1) is 9.90. The number of rotatable bonds is 5. The second-order valence-corrected chi connectivity index (χ2v) is 6.22. The van der Waals surface area contributed by atoms with Crippen molar-refractivity contribution in [2.45, 2.75) is 6.54 Å². The summed E-state index contributed by atoms with van der Waals surface area (Å²) in [4.78, 5) is 22.3. The third kappa shape index (κ3) is 3.52. The van der Waals surface area contributed by atoms with E-state index in [-0.39, 0.29) is 22.0 Å². The highest BCUT2D eigenvalue weighted by atomic mass is 79.9. The van der Waals surface area contributed by atoms with Crippen LogP contribution in [-0.4, -0.2) is 16.0 Å². The number of nitro groups is 1. The van der Waals surface area contributed by atoms with Crippen molar-refractivity contribution >= 4 is 56.2 Å². The van der Waals surface area contributed by atoms with Gasteiger partial charge < -0.3 is 10.4 Å². The number of aromatic carboxylic acids is 1. The molecule has 2 N–H and O–H groups in total. The first kappa shape index (κ1) is 15.7. The molecule has 0 unspecified atom stereocenters. The summed E-state index contributed by atoms with van der Waals surface area (Å²) in [6.07, 6.45) is 0. The van der Waals surface area contributed by atoms with Crippen LogP contribution >= 0.6 is 38.9 Å². The number of hydrogen-bond donors (Lipinski definition) is 2. The summed E-state index contributed by atoms with van der Waals surface area (Å²) in [6, 6.07) is 3.98. The summed E-state index contributed by atoms with van der Waals surface area (Å²) in [5.41, 5.74) is -0.433. The third-order valence-corrected chi connectivity index (χ3v) is 4.86. The van der Waals surface area contributed by atoms with Crippen molar-refractivity contribution < 1.29 is 14.8 Å². The predicted octanol–water partition coefficient (Wildman–Crippen LogP) is 4.38. The van der Waals surface area contributed by atoms with E-state index in [0.29, 0.717) is 6.54 Å². The highest BCUT2D eigenvalue weighted by molar-refractivity contribution is 9.10. The molecule has 0 fully saturated rings. The van der Waals surface area contributed by atoms with Crippen molar-refractivity contribution in [2.75, 3.05) is 5.32 Å². The molecule has 6 nitrogen and oxygen atoms in total. The van der Waals surface area contributed by atoms with Crippen LogP contribution in [0.15, 0.2) is 28.1 Å². The summed E-state index contributed by atoms with van der Waals surface area (Å²) >= 11 is 10.8. The van der Waals surface area contributed by atoms with Crippen LogP contribution in [-0.2, 0) is 6.54 Å². The fraction of sp³-hybridized carbons (Fsp3) is 0.0833. The molecule has 9 heteroatoms. The van der Waals surface area contributed by atoms with E-state index in [9.17, 15) is 20.0 Å². The Morgan fingerprint density at radius 2 is 2.24 bits per heavy atom. The Kier molecular flexibility index (Phi) is 4.81. The number of carboxylic acids is 1. The lowest BCUT2D eigenvalue weighted by molar-refractivity contribution is -0.384. The molecule has 0 spiro atoms. The molecule has 1 heterocycles. The first-order valence-electron chi connectivity index (χ1n) is 5.57. The number of anilines is 1. The molecule has 0 bridgehead atoms. The summed E-state index contributed by atoms with van der Waals surface area (Å²) in [5, 5.41) is 24.7. The average molecular weight is 392 g/mol. The van der Waals surface area contributed by atoms with Crippen LogP contribution < -0.4 is 5.32 Å². The molecule has 2 rings (SSSR count). The molecule has 0 atom stereocenters. The highest BCUT2D eigenvalue weighted by Crippen LogP contribution is 2.33. The van der Waals surface area contributed by atoms with Crippen molar-refractivity contribution in [1.82, 2.24) is 0 Å². The maximum atomic E-state index is 11.2. The fourth-order valence-electron chi connectivity index (χ4n) is 1.67. The van der Waals surface area contributed by atoms with E-state index in [1.54, 1.807) is 0 Å². The van der Waals surface area contributed by atoms with Gasteiger partial charge in [0.2, 0.25) is 0 Å². The normalized spacial score (nSPS) is 10.4. The molecule has 110 valence electrons. The minimum Gasteiger partial charge on any atom is -0.478 e. The molecule has 0 aliphatic heterocycles. The van der Waals surface area contributed by atoms with Crippen LogP contribution in [0.2, 0.25) is 5.02 Å². The summed E-state index contributed by atoms with van der Waals surface area (Å²) in [6.45, 7) is 0.357. The molecule has 0 aliphatic carbocycles. The van der Waals surface area contributed by atoms with Gasteiger partial charge in [-0.25, -0.2) is 4.79 Å². The minimum atomic E-state index is -1.28.